The number of likely N-dealkylation sites (N-methyl/N-ethyl adjacent to an activating group) is 1. The fourth-order valence-corrected chi connectivity index (χ4v) is 5.08. The van der Waals surface area contributed by atoms with Crippen molar-refractivity contribution in [3.05, 3.63) is 102 Å². The van der Waals surface area contributed by atoms with E-state index < -0.39 is 59.9 Å². The van der Waals surface area contributed by atoms with Crippen LogP contribution in [-0.2, 0) is 32.0 Å². The van der Waals surface area contributed by atoms with E-state index in [1.165, 1.54) is 31.0 Å². The first-order valence-corrected chi connectivity index (χ1v) is 14.2. The number of aromatic hydroxyl groups is 1. The quantitative estimate of drug-likeness (QED) is 0.324. The Hall–Kier alpha value is -4.70. The Morgan fingerprint density at radius 3 is 2.05 bits per heavy atom. The highest BCUT2D eigenvalue weighted by atomic mass is 16.5. The van der Waals surface area contributed by atoms with Crippen molar-refractivity contribution < 1.29 is 34.1 Å². The molecule has 1 saturated heterocycles. The van der Waals surface area contributed by atoms with Gasteiger partial charge in [-0.05, 0) is 43.5 Å². The average molecular weight is 588 g/mol. The third-order valence-corrected chi connectivity index (χ3v) is 7.88. The van der Waals surface area contributed by atoms with Crippen LogP contribution in [0.4, 0.5) is 0 Å². The first-order valence-electron chi connectivity index (χ1n) is 14.2. The molecule has 1 aliphatic rings. The second-order valence-electron chi connectivity index (χ2n) is 10.9. The summed E-state index contributed by atoms with van der Waals surface area (Å²) in [6, 6.07) is 20.9. The highest BCUT2D eigenvalue weighted by molar-refractivity contribution is 6.00. The highest BCUT2D eigenvalue weighted by Gasteiger charge is 2.41. The second kappa shape index (κ2) is 14.0. The van der Waals surface area contributed by atoms with Crippen LogP contribution in [0.5, 0.6) is 5.75 Å². The number of carbonyl (C=O) groups excluding carboxylic acids is 4. The molecule has 0 saturated carbocycles. The third kappa shape index (κ3) is 7.58. The molecule has 226 valence electrons. The van der Waals surface area contributed by atoms with E-state index in [9.17, 15) is 29.4 Å². The van der Waals surface area contributed by atoms with Gasteiger partial charge in [-0.25, -0.2) is 0 Å². The number of amides is 3. The van der Waals surface area contributed by atoms with E-state index in [4.69, 9.17) is 4.74 Å². The third-order valence-electron chi connectivity index (χ3n) is 7.88. The molecule has 1 fully saturated rings. The molecular formula is C33H37N3O7. The highest BCUT2D eigenvalue weighted by Crippen LogP contribution is 2.21. The molecule has 10 heteroatoms. The van der Waals surface area contributed by atoms with Gasteiger partial charge in [0.05, 0.1) is 29.7 Å². The van der Waals surface area contributed by atoms with E-state index >= 15 is 0 Å². The van der Waals surface area contributed by atoms with Crippen LogP contribution in [0.2, 0.25) is 0 Å². The van der Waals surface area contributed by atoms with Crippen molar-refractivity contribution in [1.82, 2.24) is 15.5 Å². The van der Waals surface area contributed by atoms with Crippen molar-refractivity contribution in [1.29, 1.82) is 0 Å². The maximum atomic E-state index is 13.9. The summed E-state index contributed by atoms with van der Waals surface area (Å²) < 4.78 is 5.74. The largest absolute Gasteiger partial charge is 0.507 e. The zero-order valence-corrected chi connectivity index (χ0v) is 24.3. The van der Waals surface area contributed by atoms with Crippen LogP contribution < -0.4 is 10.6 Å². The molecule has 0 aliphatic carbocycles. The van der Waals surface area contributed by atoms with E-state index in [-0.39, 0.29) is 24.2 Å². The summed E-state index contributed by atoms with van der Waals surface area (Å²) in [4.78, 5) is 55.5. The molecule has 3 aromatic rings. The zero-order valence-electron chi connectivity index (χ0n) is 24.3. The predicted molar refractivity (Wildman–Crippen MR) is 159 cm³/mol. The number of phenolic OH excluding ortho intramolecular Hbond substituents is 1. The minimum atomic E-state index is -1.38. The lowest BCUT2D eigenvalue weighted by Gasteiger charge is -2.37. The number of carbonyl (C=O) groups is 4. The summed E-state index contributed by atoms with van der Waals surface area (Å²) in [6.07, 6.45) is -2.38. The van der Waals surface area contributed by atoms with E-state index in [0.29, 0.717) is 0 Å². The number of aliphatic hydroxyl groups is 1. The Labute approximate surface area is 250 Å². The first-order chi connectivity index (χ1) is 20.6. The van der Waals surface area contributed by atoms with Crippen LogP contribution in [0.3, 0.4) is 0 Å². The van der Waals surface area contributed by atoms with Crippen LogP contribution in [0.15, 0.2) is 84.9 Å². The molecule has 1 heterocycles. The van der Waals surface area contributed by atoms with Crippen molar-refractivity contribution in [3.63, 3.8) is 0 Å². The molecule has 4 N–H and O–H groups in total. The van der Waals surface area contributed by atoms with Crippen LogP contribution in [0.1, 0.15) is 35.3 Å². The van der Waals surface area contributed by atoms with Gasteiger partial charge in [-0.3, -0.25) is 19.2 Å². The molecule has 0 radical (unpaired) electrons. The van der Waals surface area contributed by atoms with Gasteiger partial charge in [-0.1, -0.05) is 72.8 Å². The van der Waals surface area contributed by atoms with Gasteiger partial charge < -0.3 is 30.5 Å². The molecule has 0 bridgehead atoms. The number of esters is 1. The van der Waals surface area contributed by atoms with Gasteiger partial charge in [0.15, 0.2) is 6.10 Å². The minimum absolute atomic E-state index is 0.0482. The van der Waals surface area contributed by atoms with Gasteiger partial charge >= 0.3 is 5.97 Å². The standard InChI is InChI=1S/C33H37N3O7/c1-20-29(38)25(18-22-12-6-4-7-13-22)34-31(40)28(35-30(39)24-16-10-11-17-26(24)37)21(2)36(3)32(41)27(43-33(20)42)19-23-14-8-5-9-15-23/h4-17,20-21,25,27-29,37-38H,18-19H2,1-3H3,(H,34,40)(H,35,39)/t20-,21-,25+,27?,28+,29+/m1/s1. The maximum absolute atomic E-state index is 13.9. The molecule has 1 unspecified atom stereocenters. The lowest BCUT2D eigenvalue weighted by atomic mass is 9.91. The van der Waals surface area contributed by atoms with Crippen LogP contribution >= 0.6 is 0 Å². The summed E-state index contributed by atoms with van der Waals surface area (Å²) in [5.74, 6) is -4.12. The Morgan fingerprint density at radius 1 is 0.884 bits per heavy atom. The molecule has 6 atom stereocenters. The fourth-order valence-electron chi connectivity index (χ4n) is 5.08. The number of phenols is 1. The minimum Gasteiger partial charge on any atom is -0.507 e. The number of hydrogen-bond acceptors (Lipinski definition) is 7. The van der Waals surface area contributed by atoms with Gasteiger partial charge in [0.2, 0.25) is 5.91 Å². The van der Waals surface area contributed by atoms with Crippen molar-refractivity contribution in [2.75, 3.05) is 7.05 Å². The molecule has 43 heavy (non-hydrogen) atoms. The number of benzene rings is 3. The van der Waals surface area contributed by atoms with Gasteiger partial charge in [0.1, 0.15) is 11.8 Å². The Kier molecular flexibility index (Phi) is 10.2. The fraction of sp³-hybridized carbons (Fsp3) is 0.333. The van der Waals surface area contributed by atoms with Crippen LogP contribution in [0, 0.1) is 5.92 Å². The first kappa shape index (κ1) is 31.2. The van der Waals surface area contributed by atoms with E-state index in [2.05, 4.69) is 10.6 Å². The molecule has 0 aromatic heterocycles. The lowest BCUT2D eigenvalue weighted by Crippen LogP contribution is -2.62. The molecular weight excluding hydrogens is 550 g/mol. The predicted octanol–water partition coefficient (Wildman–Crippen LogP) is 2.23. The number of para-hydroxylation sites is 1. The monoisotopic (exact) mass is 587 g/mol. The smallest absolute Gasteiger partial charge is 0.312 e. The summed E-state index contributed by atoms with van der Waals surface area (Å²) in [5.41, 5.74) is 1.50. The Balaban J connectivity index is 1.73. The van der Waals surface area contributed by atoms with Gasteiger partial charge in [-0.2, -0.15) is 0 Å². The van der Waals surface area contributed by atoms with E-state index in [1.54, 1.807) is 43.3 Å². The molecule has 0 spiro atoms. The van der Waals surface area contributed by atoms with Crippen LogP contribution in [0.25, 0.3) is 0 Å². The number of hydrogen-bond donors (Lipinski definition) is 4. The lowest BCUT2D eigenvalue weighted by molar-refractivity contribution is -0.167. The maximum Gasteiger partial charge on any atom is 0.312 e. The summed E-state index contributed by atoms with van der Waals surface area (Å²) in [6.45, 7) is 3.07. The number of ether oxygens (including phenoxy) is 1. The average Bonchev–Trinajstić information content (AvgIpc) is 3.01. The van der Waals surface area contributed by atoms with Gasteiger partial charge in [0, 0.05) is 13.5 Å². The van der Waals surface area contributed by atoms with E-state index in [1.807, 2.05) is 36.4 Å². The molecule has 10 nitrogen and oxygen atoms in total. The molecule has 3 amide bonds. The van der Waals surface area contributed by atoms with Crippen molar-refractivity contribution >= 4 is 23.7 Å². The molecule has 4 rings (SSSR count). The normalized spacial score (nSPS) is 25.1. The van der Waals surface area contributed by atoms with Crippen LogP contribution in [-0.4, -0.2) is 76.2 Å². The Bertz CT molecular complexity index is 1430. The number of nitrogens with zero attached hydrogens (tertiary/aromatic N) is 1. The van der Waals surface area contributed by atoms with Crippen molar-refractivity contribution in [2.45, 2.75) is 57.0 Å². The van der Waals surface area contributed by atoms with Gasteiger partial charge in [0.25, 0.3) is 11.8 Å². The second-order valence-corrected chi connectivity index (χ2v) is 10.9. The summed E-state index contributed by atoms with van der Waals surface area (Å²) in [5, 5.41) is 27.1. The number of nitrogens with one attached hydrogen (secondary N) is 2. The summed E-state index contributed by atoms with van der Waals surface area (Å²) in [7, 11) is 1.47. The van der Waals surface area contributed by atoms with E-state index in [0.717, 1.165) is 11.1 Å². The number of rotatable bonds is 6. The van der Waals surface area contributed by atoms with Crippen molar-refractivity contribution in [3.8, 4) is 5.75 Å². The zero-order chi connectivity index (χ0) is 31.1. The Morgan fingerprint density at radius 2 is 1.44 bits per heavy atom. The van der Waals surface area contributed by atoms with Crippen molar-refractivity contribution in [2.24, 2.45) is 5.92 Å². The number of cyclic esters (lactones) is 1. The molecule has 1 aliphatic heterocycles. The number of aliphatic hydroxyl groups excluding tert-OH is 1. The van der Waals surface area contributed by atoms with Gasteiger partial charge in [-0.15, -0.1) is 0 Å². The topological polar surface area (TPSA) is 145 Å². The molecule has 3 aromatic carbocycles. The SMILES string of the molecule is C[C@@H]1[C@H](NC(=O)c2ccccc2O)C(=O)N[C@@H](Cc2ccccc2)[C@@H](O)[C@@H](C)C(=O)OC(Cc2ccccc2)C(=O)N1C. The summed E-state index contributed by atoms with van der Waals surface area (Å²) >= 11 is 0.